The van der Waals surface area contributed by atoms with E-state index in [1.807, 2.05) is 49.0 Å². The normalized spacial score (nSPS) is 19.2. The predicted octanol–water partition coefficient (Wildman–Crippen LogP) is 5.75. The van der Waals surface area contributed by atoms with Gasteiger partial charge in [0.05, 0.1) is 16.9 Å². The van der Waals surface area contributed by atoms with Crippen molar-refractivity contribution in [3.8, 4) is 5.69 Å². The largest absolute Gasteiger partial charge is 0.477 e. The lowest BCUT2D eigenvalue weighted by Gasteiger charge is -2.32. The highest BCUT2D eigenvalue weighted by Gasteiger charge is 2.34. The van der Waals surface area contributed by atoms with Crippen molar-refractivity contribution in [1.82, 2.24) is 14.8 Å². The Morgan fingerprint density at radius 2 is 1.79 bits per heavy atom. The topological polar surface area (TPSA) is 88.3 Å². The van der Waals surface area contributed by atoms with Crippen molar-refractivity contribution < 1.29 is 14.7 Å². The fraction of sp³-hybridized carbons (Fsp3) is 0.462. The Labute approximate surface area is 204 Å². The first-order valence-corrected chi connectivity index (χ1v) is 12.8. The molecule has 0 spiro atoms. The zero-order valence-corrected chi connectivity index (χ0v) is 21.0. The number of carbonyl (C=O) groups excluding carboxylic acids is 1. The third-order valence-electron chi connectivity index (χ3n) is 6.82. The van der Waals surface area contributed by atoms with Crippen molar-refractivity contribution in [3.05, 3.63) is 58.2 Å². The quantitative estimate of drug-likeness (QED) is 0.465. The van der Waals surface area contributed by atoms with Gasteiger partial charge in [-0.25, -0.2) is 14.5 Å². The molecule has 1 aromatic carbocycles. The van der Waals surface area contributed by atoms with Gasteiger partial charge in [0.1, 0.15) is 5.56 Å². The maximum atomic E-state index is 13.5. The lowest BCUT2D eigenvalue weighted by Crippen LogP contribution is -2.43. The number of hydrogen-bond donors (Lipinski definition) is 1. The molecule has 1 fully saturated rings. The van der Waals surface area contributed by atoms with Gasteiger partial charge in [0.25, 0.3) is 0 Å². The predicted molar refractivity (Wildman–Crippen MR) is 134 cm³/mol. The Hall–Kier alpha value is -3.00. The molecule has 0 radical (unpaired) electrons. The van der Waals surface area contributed by atoms with E-state index >= 15 is 0 Å². The van der Waals surface area contributed by atoms with Crippen molar-refractivity contribution in [2.24, 2.45) is 11.8 Å². The molecular formula is C26H32N4O3S. The van der Waals surface area contributed by atoms with Crippen molar-refractivity contribution in [2.75, 3.05) is 4.90 Å². The van der Waals surface area contributed by atoms with Gasteiger partial charge in [-0.1, -0.05) is 26.0 Å². The first kappa shape index (κ1) is 24.1. The molecule has 4 rings (SSSR count). The summed E-state index contributed by atoms with van der Waals surface area (Å²) in [5.41, 5.74) is 4.74. The average Bonchev–Trinajstić information content (AvgIpc) is 3.50. The highest BCUT2D eigenvalue weighted by atomic mass is 32.1. The number of rotatable bonds is 7. The Morgan fingerprint density at radius 3 is 2.35 bits per heavy atom. The van der Waals surface area contributed by atoms with E-state index in [1.54, 1.807) is 20.9 Å². The van der Waals surface area contributed by atoms with E-state index in [-0.39, 0.29) is 35.2 Å². The second kappa shape index (κ2) is 10.1. The highest BCUT2D eigenvalue weighted by Crippen LogP contribution is 2.33. The molecule has 1 aliphatic carbocycles. The summed E-state index contributed by atoms with van der Waals surface area (Å²) in [5, 5.41) is 16.6. The van der Waals surface area contributed by atoms with Crippen LogP contribution in [0.3, 0.4) is 0 Å². The van der Waals surface area contributed by atoms with E-state index in [2.05, 4.69) is 23.9 Å². The number of carboxylic acids is 1. The molecule has 1 atom stereocenters. The number of anilines is 1. The van der Waals surface area contributed by atoms with Crippen LogP contribution < -0.4 is 4.90 Å². The molecule has 3 aromatic rings. The molecule has 7 nitrogen and oxygen atoms in total. The van der Waals surface area contributed by atoms with Gasteiger partial charge >= 0.3 is 5.97 Å². The summed E-state index contributed by atoms with van der Waals surface area (Å²) in [6, 6.07) is 7.66. The van der Waals surface area contributed by atoms with Crippen LogP contribution in [0.15, 0.2) is 41.4 Å². The van der Waals surface area contributed by atoms with Crippen LogP contribution in [0.2, 0.25) is 0 Å². The molecule has 1 N–H and O–H groups in total. The number of carbonyl (C=O) groups is 2. The molecule has 0 bridgehead atoms. The number of nitrogens with zero attached hydrogens (tertiary/aromatic N) is 4. The van der Waals surface area contributed by atoms with Crippen LogP contribution in [0.1, 0.15) is 80.9 Å². The highest BCUT2D eigenvalue weighted by molar-refractivity contribution is 7.07. The molecule has 0 saturated heterocycles. The minimum atomic E-state index is -1.09. The van der Waals surface area contributed by atoms with Crippen molar-refractivity contribution >= 4 is 29.0 Å². The first-order valence-electron chi connectivity index (χ1n) is 11.9. The van der Waals surface area contributed by atoms with E-state index < -0.39 is 5.97 Å². The fourth-order valence-electron chi connectivity index (χ4n) is 4.66. The van der Waals surface area contributed by atoms with E-state index in [0.29, 0.717) is 5.92 Å². The van der Waals surface area contributed by atoms with E-state index in [4.69, 9.17) is 0 Å². The molecule has 2 aromatic heterocycles. The number of benzene rings is 1. The second-order valence-electron chi connectivity index (χ2n) is 9.60. The summed E-state index contributed by atoms with van der Waals surface area (Å²) in [6.07, 6.45) is 5.22. The molecule has 8 heteroatoms. The van der Waals surface area contributed by atoms with Crippen LogP contribution in [0.25, 0.3) is 5.69 Å². The van der Waals surface area contributed by atoms with Crippen molar-refractivity contribution in [1.29, 1.82) is 0 Å². The molecular weight excluding hydrogens is 448 g/mol. The summed E-state index contributed by atoms with van der Waals surface area (Å²) in [7, 11) is 0. The van der Waals surface area contributed by atoms with E-state index in [1.165, 1.54) is 6.20 Å². The molecule has 2 heterocycles. The number of aromatic nitrogens is 3. The molecule has 1 amide bonds. The number of amides is 1. The standard InChI is InChI=1S/C26H32N4O3S/c1-16(2)30(25(31)20-7-5-17(3)6-8-20)24-22(26(32)33)13-29(28-24)21-11-9-19(10-12-21)18(4)23-14-34-15-27-23/h9-18,20H,5-8H2,1-4H3,(H,32,33)/t17-,18?,20-. The zero-order valence-electron chi connectivity index (χ0n) is 20.1. The number of carboxylic acid groups (broad SMARTS) is 1. The molecule has 1 aliphatic rings. The minimum absolute atomic E-state index is 0.0258. The van der Waals surface area contributed by atoms with Gasteiger partial charge in [0.15, 0.2) is 5.82 Å². The van der Waals surface area contributed by atoms with Gasteiger partial charge in [0, 0.05) is 29.5 Å². The van der Waals surface area contributed by atoms with Crippen LogP contribution in [-0.4, -0.2) is 37.8 Å². The van der Waals surface area contributed by atoms with Crippen molar-refractivity contribution in [2.45, 2.75) is 65.3 Å². The fourth-order valence-corrected chi connectivity index (χ4v) is 5.30. The smallest absolute Gasteiger partial charge is 0.341 e. The van der Waals surface area contributed by atoms with Crippen molar-refractivity contribution in [3.63, 3.8) is 0 Å². The second-order valence-corrected chi connectivity index (χ2v) is 10.3. The monoisotopic (exact) mass is 480 g/mol. The van der Waals surface area contributed by atoms with Crippen LogP contribution >= 0.6 is 11.3 Å². The summed E-state index contributed by atoms with van der Waals surface area (Å²) >= 11 is 1.57. The van der Waals surface area contributed by atoms with E-state index in [0.717, 1.165) is 42.6 Å². The Balaban J connectivity index is 1.64. The number of thiazole rings is 1. The molecule has 180 valence electrons. The SMILES string of the molecule is CC(c1ccc(-n2cc(C(=O)O)c(N(C(=O)[C@H]3CC[C@H](C)CC3)C(C)C)n2)cc1)c1cscn1. The maximum Gasteiger partial charge on any atom is 0.341 e. The molecule has 0 aliphatic heterocycles. The third kappa shape index (κ3) is 4.92. The molecule has 34 heavy (non-hydrogen) atoms. The number of hydrogen-bond acceptors (Lipinski definition) is 5. The number of aromatic carboxylic acids is 1. The summed E-state index contributed by atoms with van der Waals surface area (Å²) in [4.78, 5) is 31.6. The maximum absolute atomic E-state index is 13.5. The average molecular weight is 481 g/mol. The Morgan fingerprint density at radius 1 is 1.12 bits per heavy atom. The van der Waals surface area contributed by atoms with Crippen LogP contribution in [0, 0.1) is 11.8 Å². The third-order valence-corrected chi connectivity index (χ3v) is 7.43. The Kier molecular flexibility index (Phi) is 7.16. The summed E-state index contributed by atoms with van der Waals surface area (Å²) < 4.78 is 1.56. The van der Waals surface area contributed by atoms with Gasteiger partial charge in [-0.05, 0) is 63.1 Å². The van der Waals surface area contributed by atoms with Crippen LogP contribution in [-0.2, 0) is 4.79 Å². The van der Waals surface area contributed by atoms with Crippen LogP contribution in [0.4, 0.5) is 5.82 Å². The van der Waals surface area contributed by atoms with Crippen LogP contribution in [0.5, 0.6) is 0 Å². The minimum Gasteiger partial charge on any atom is -0.477 e. The van der Waals surface area contributed by atoms with Gasteiger partial charge in [-0.15, -0.1) is 16.4 Å². The van der Waals surface area contributed by atoms with E-state index in [9.17, 15) is 14.7 Å². The van der Waals surface area contributed by atoms with Gasteiger partial charge in [-0.3, -0.25) is 9.69 Å². The van der Waals surface area contributed by atoms with Gasteiger partial charge in [-0.2, -0.15) is 0 Å². The summed E-state index contributed by atoms with van der Waals surface area (Å²) in [6.45, 7) is 8.13. The molecule has 1 saturated carbocycles. The lowest BCUT2D eigenvalue weighted by atomic mass is 9.82. The first-order chi connectivity index (χ1) is 16.3. The molecule has 1 unspecified atom stereocenters. The lowest BCUT2D eigenvalue weighted by molar-refractivity contribution is -0.123. The van der Waals surface area contributed by atoms with Gasteiger partial charge < -0.3 is 5.11 Å². The zero-order chi connectivity index (χ0) is 24.4. The summed E-state index contributed by atoms with van der Waals surface area (Å²) in [5.74, 6) is -0.197. The Bertz CT molecular complexity index is 1130. The van der Waals surface area contributed by atoms with Gasteiger partial charge in [0.2, 0.25) is 5.91 Å².